The highest BCUT2D eigenvalue weighted by molar-refractivity contribution is 5.32. The van der Waals surface area contributed by atoms with E-state index in [4.69, 9.17) is 5.73 Å². The summed E-state index contributed by atoms with van der Waals surface area (Å²) >= 11 is 0. The minimum Gasteiger partial charge on any atom is -0.258 e. The SMILES string of the molecule is [N]Cc1ccc([N+](=O)[O-])cc1. The van der Waals surface area contributed by atoms with Gasteiger partial charge >= 0.3 is 0 Å². The van der Waals surface area contributed by atoms with Crippen molar-refractivity contribution in [2.24, 2.45) is 0 Å². The number of nitro benzene ring substituents is 1. The standard InChI is InChI=1S/C7H6N2O2/c8-5-6-1-3-7(4-2-6)9(10)11/h1-4H,5H2. The topological polar surface area (TPSA) is 65.4 Å². The molecule has 2 radical (unpaired) electrons. The van der Waals surface area contributed by atoms with Crippen molar-refractivity contribution in [3.8, 4) is 0 Å². The molecule has 4 nitrogen and oxygen atoms in total. The second-order valence-electron chi connectivity index (χ2n) is 2.08. The predicted octanol–water partition coefficient (Wildman–Crippen LogP) is 1.16. The Bertz CT molecular complexity index is 256. The molecule has 0 amide bonds. The zero-order chi connectivity index (χ0) is 8.27. The fourth-order valence-electron chi connectivity index (χ4n) is 0.723. The summed E-state index contributed by atoms with van der Waals surface area (Å²) in [6.45, 7) is -0.0853. The highest BCUT2D eigenvalue weighted by atomic mass is 16.6. The molecule has 1 aromatic rings. The molecule has 0 saturated carbocycles. The zero-order valence-corrected chi connectivity index (χ0v) is 5.73. The molecule has 0 bridgehead atoms. The molecule has 11 heavy (non-hydrogen) atoms. The summed E-state index contributed by atoms with van der Waals surface area (Å²) < 4.78 is 0. The highest BCUT2D eigenvalue weighted by Crippen LogP contribution is 2.11. The lowest BCUT2D eigenvalue weighted by molar-refractivity contribution is -0.384. The Hall–Kier alpha value is -1.42. The van der Waals surface area contributed by atoms with Crippen molar-refractivity contribution in [1.82, 2.24) is 5.73 Å². The number of non-ortho nitro benzene ring substituents is 1. The molecule has 0 atom stereocenters. The molecule has 0 fully saturated rings. The van der Waals surface area contributed by atoms with Gasteiger partial charge in [-0.1, -0.05) is 12.1 Å². The first-order valence-electron chi connectivity index (χ1n) is 3.08. The Morgan fingerprint density at radius 2 is 1.91 bits per heavy atom. The molecule has 0 unspecified atom stereocenters. The minimum absolute atomic E-state index is 0.0437. The van der Waals surface area contributed by atoms with E-state index in [1.165, 1.54) is 24.3 Å². The van der Waals surface area contributed by atoms with Crippen LogP contribution in [-0.4, -0.2) is 4.92 Å². The highest BCUT2D eigenvalue weighted by Gasteiger charge is 2.02. The van der Waals surface area contributed by atoms with Gasteiger partial charge in [0.25, 0.3) is 5.69 Å². The number of hydrogen-bond acceptors (Lipinski definition) is 2. The Labute approximate surface area is 63.8 Å². The maximum absolute atomic E-state index is 10.1. The van der Waals surface area contributed by atoms with E-state index in [1.807, 2.05) is 0 Å². The average molecular weight is 150 g/mol. The first kappa shape index (κ1) is 7.68. The van der Waals surface area contributed by atoms with Crippen molar-refractivity contribution in [3.63, 3.8) is 0 Å². The van der Waals surface area contributed by atoms with Gasteiger partial charge in [0, 0.05) is 12.1 Å². The van der Waals surface area contributed by atoms with Gasteiger partial charge in [-0.25, -0.2) is 0 Å². The van der Waals surface area contributed by atoms with Gasteiger partial charge in [0.15, 0.2) is 0 Å². The van der Waals surface area contributed by atoms with Crippen molar-refractivity contribution >= 4 is 5.69 Å². The molecule has 1 aromatic carbocycles. The summed E-state index contributed by atoms with van der Waals surface area (Å²) in [7, 11) is 0. The van der Waals surface area contributed by atoms with E-state index in [9.17, 15) is 10.1 Å². The number of nitrogens with zero attached hydrogens (tertiary/aromatic N) is 2. The quantitative estimate of drug-likeness (QED) is 0.469. The second kappa shape index (κ2) is 3.12. The van der Waals surface area contributed by atoms with E-state index in [2.05, 4.69) is 0 Å². The van der Waals surface area contributed by atoms with Crippen LogP contribution in [0.4, 0.5) is 5.69 Å². The second-order valence-corrected chi connectivity index (χ2v) is 2.08. The van der Waals surface area contributed by atoms with Gasteiger partial charge in [0.1, 0.15) is 0 Å². The Morgan fingerprint density at radius 3 is 2.27 bits per heavy atom. The summed E-state index contributed by atoms with van der Waals surface area (Å²) in [5.41, 5.74) is 9.32. The molecule has 0 aliphatic carbocycles. The molecular formula is C7H6N2O2. The van der Waals surface area contributed by atoms with Crippen molar-refractivity contribution < 1.29 is 4.92 Å². The molecule has 0 heterocycles. The minimum atomic E-state index is -0.471. The third-order valence-electron chi connectivity index (χ3n) is 1.33. The maximum Gasteiger partial charge on any atom is 0.269 e. The third-order valence-corrected chi connectivity index (χ3v) is 1.33. The first-order chi connectivity index (χ1) is 5.24. The van der Waals surface area contributed by atoms with Crippen LogP contribution in [0.1, 0.15) is 5.56 Å². The van der Waals surface area contributed by atoms with Crippen molar-refractivity contribution in [2.45, 2.75) is 6.54 Å². The number of rotatable bonds is 2. The van der Waals surface area contributed by atoms with E-state index >= 15 is 0 Å². The summed E-state index contributed by atoms with van der Waals surface area (Å²) in [5.74, 6) is 0. The summed E-state index contributed by atoms with van der Waals surface area (Å²) in [6, 6.07) is 5.79. The molecule has 1 rings (SSSR count). The fourth-order valence-corrected chi connectivity index (χ4v) is 0.723. The Balaban J connectivity index is 2.91. The van der Waals surface area contributed by atoms with Gasteiger partial charge in [0.2, 0.25) is 0 Å². The Morgan fingerprint density at radius 1 is 1.36 bits per heavy atom. The normalized spacial score (nSPS) is 9.55. The lowest BCUT2D eigenvalue weighted by Crippen LogP contribution is -1.89. The van der Waals surface area contributed by atoms with E-state index in [0.29, 0.717) is 5.56 Å². The van der Waals surface area contributed by atoms with E-state index in [-0.39, 0.29) is 12.2 Å². The number of hydrogen-bond donors (Lipinski definition) is 0. The van der Waals surface area contributed by atoms with Gasteiger partial charge in [-0.15, -0.1) is 5.73 Å². The van der Waals surface area contributed by atoms with E-state index < -0.39 is 4.92 Å². The summed E-state index contributed by atoms with van der Waals surface area (Å²) in [4.78, 5) is 9.67. The number of nitro groups is 1. The zero-order valence-electron chi connectivity index (χ0n) is 5.73. The van der Waals surface area contributed by atoms with Gasteiger partial charge in [0.05, 0.1) is 11.5 Å². The van der Waals surface area contributed by atoms with Gasteiger partial charge in [-0.05, 0) is 5.56 Å². The summed E-state index contributed by atoms with van der Waals surface area (Å²) in [6.07, 6.45) is 0. The monoisotopic (exact) mass is 150 g/mol. The third kappa shape index (κ3) is 1.75. The Kier molecular flexibility index (Phi) is 2.18. The molecular weight excluding hydrogens is 144 g/mol. The van der Waals surface area contributed by atoms with Gasteiger partial charge < -0.3 is 0 Å². The molecule has 0 N–H and O–H groups in total. The fraction of sp³-hybridized carbons (Fsp3) is 0.143. The number of benzene rings is 1. The largest absolute Gasteiger partial charge is 0.269 e. The predicted molar refractivity (Wildman–Crippen MR) is 38.9 cm³/mol. The summed E-state index contributed by atoms with van der Waals surface area (Å²) in [5, 5.41) is 10.1. The molecule has 0 saturated heterocycles. The van der Waals surface area contributed by atoms with Crippen LogP contribution < -0.4 is 5.73 Å². The molecule has 4 heteroatoms. The van der Waals surface area contributed by atoms with Crippen LogP contribution in [-0.2, 0) is 6.54 Å². The maximum atomic E-state index is 10.1. The molecule has 0 aliphatic rings. The van der Waals surface area contributed by atoms with Gasteiger partial charge in [-0.2, -0.15) is 0 Å². The van der Waals surface area contributed by atoms with Crippen molar-refractivity contribution in [3.05, 3.63) is 39.9 Å². The van der Waals surface area contributed by atoms with Crippen molar-refractivity contribution in [2.75, 3.05) is 0 Å². The molecule has 0 spiro atoms. The van der Waals surface area contributed by atoms with Crippen LogP contribution in [0.3, 0.4) is 0 Å². The van der Waals surface area contributed by atoms with Crippen LogP contribution in [0.25, 0.3) is 0 Å². The van der Waals surface area contributed by atoms with Crippen LogP contribution in [0, 0.1) is 10.1 Å². The van der Waals surface area contributed by atoms with Crippen LogP contribution in [0.5, 0.6) is 0 Å². The van der Waals surface area contributed by atoms with E-state index in [1.54, 1.807) is 0 Å². The van der Waals surface area contributed by atoms with Crippen molar-refractivity contribution in [1.29, 1.82) is 0 Å². The molecule has 0 aromatic heterocycles. The molecule has 56 valence electrons. The average Bonchev–Trinajstić information content (AvgIpc) is 2.05. The van der Waals surface area contributed by atoms with Crippen LogP contribution >= 0.6 is 0 Å². The molecule has 0 aliphatic heterocycles. The lowest BCUT2D eigenvalue weighted by Gasteiger charge is -1.92. The van der Waals surface area contributed by atoms with E-state index in [0.717, 1.165) is 0 Å². The smallest absolute Gasteiger partial charge is 0.258 e. The lowest BCUT2D eigenvalue weighted by atomic mass is 10.2. The van der Waals surface area contributed by atoms with Gasteiger partial charge in [-0.3, -0.25) is 10.1 Å². The van der Waals surface area contributed by atoms with Crippen LogP contribution in [0.15, 0.2) is 24.3 Å². The first-order valence-corrected chi connectivity index (χ1v) is 3.08. The van der Waals surface area contributed by atoms with Crippen LogP contribution in [0.2, 0.25) is 0 Å².